The summed E-state index contributed by atoms with van der Waals surface area (Å²) in [5.74, 6) is 0. The third-order valence-corrected chi connectivity index (χ3v) is 4.45. The van der Waals surface area contributed by atoms with Gasteiger partial charge in [0.2, 0.25) is 0 Å². The van der Waals surface area contributed by atoms with Gasteiger partial charge in [-0.2, -0.15) is 0 Å². The number of nitrogens with zero attached hydrogens (tertiary/aromatic N) is 2. The summed E-state index contributed by atoms with van der Waals surface area (Å²) in [4.78, 5) is 8.49. The van der Waals surface area contributed by atoms with Gasteiger partial charge in [-0.1, -0.05) is 31.2 Å². The lowest BCUT2D eigenvalue weighted by Gasteiger charge is -2.19. The molecule has 1 aromatic carbocycles. The van der Waals surface area contributed by atoms with Gasteiger partial charge in [-0.25, -0.2) is 0 Å². The molecule has 0 aliphatic rings. The van der Waals surface area contributed by atoms with E-state index in [2.05, 4.69) is 29.3 Å². The summed E-state index contributed by atoms with van der Waals surface area (Å²) in [5.41, 5.74) is 8.97. The van der Waals surface area contributed by atoms with Crippen LogP contribution in [-0.4, -0.2) is 16.4 Å². The van der Waals surface area contributed by atoms with E-state index < -0.39 is 0 Å². The van der Waals surface area contributed by atoms with Gasteiger partial charge in [-0.05, 0) is 30.1 Å². The molecule has 0 radical (unpaired) electrons. The molecular formula is C17H19N3S. The topological polar surface area (TPSA) is 42.1 Å². The summed E-state index contributed by atoms with van der Waals surface area (Å²) in [5, 5.41) is 3.15. The molecule has 3 aromatic rings. The fourth-order valence-corrected chi connectivity index (χ4v) is 3.22. The van der Waals surface area contributed by atoms with E-state index in [1.165, 1.54) is 4.88 Å². The first-order valence-corrected chi connectivity index (χ1v) is 8.03. The van der Waals surface area contributed by atoms with Crippen molar-refractivity contribution in [1.29, 1.82) is 0 Å². The number of fused-ring (bicyclic) bond motifs is 1. The average molecular weight is 297 g/mol. The monoisotopic (exact) mass is 297 g/mol. The van der Waals surface area contributed by atoms with Crippen molar-refractivity contribution in [3.63, 3.8) is 0 Å². The molecule has 0 atom stereocenters. The molecule has 4 heteroatoms. The summed E-state index contributed by atoms with van der Waals surface area (Å²) in [6.45, 7) is 4.95. The number of nitrogens with two attached hydrogens (primary N) is 1. The molecule has 0 spiro atoms. The van der Waals surface area contributed by atoms with Crippen LogP contribution < -0.4 is 5.73 Å². The molecule has 21 heavy (non-hydrogen) atoms. The first kappa shape index (κ1) is 14.0. The molecule has 0 aliphatic heterocycles. The van der Waals surface area contributed by atoms with Gasteiger partial charge in [-0.3, -0.25) is 9.88 Å². The van der Waals surface area contributed by atoms with Gasteiger partial charge in [0, 0.05) is 29.0 Å². The molecular weight excluding hydrogens is 278 g/mol. The molecule has 0 bridgehead atoms. The average Bonchev–Trinajstić information content (AvgIpc) is 2.99. The van der Waals surface area contributed by atoms with E-state index in [9.17, 15) is 0 Å². The smallest absolute Gasteiger partial charge is 0.0726 e. The number of rotatable bonds is 5. The predicted octanol–water partition coefficient (Wildman–Crippen LogP) is 3.90. The zero-order chi connectivity index (χ0) is 14.7. The fraction of sp³-hybridized carbons (Fsp3) is 0.235. The molecule has 108 valence electrons. The van der Waals surface area contributed by atoms with E-state index in [1.54, 1.807) is 11.3 Å². The lowest BCUT2D eigenvalue weighted by atomic mass is 10.1. The van der Waals surface area contributed by atoms with Crippen molar-refractivity contribution in [3.8, 4) is 0 Å². The first-order chi connectivity index (χ1) is 10.3. The van der Waals surface area contributed by atoms with Crippen LogP contribution in [0.2, 0.25) is 0 Å². The van der Waals surface area contributed by atoms with Crippen molar-refractivity contribution in [2.24, 2.45) is 0 Å². The largest absolute Gasteiger partial charge is 0.398 e. The normalized spacial score (nSPS) is 11.3. The maximum atomic E-state index is 6.15. The minimum atomic E-state index is 0.808. The maximum absolute atomic E-state index is 6.15. The van der Waals surface area contributed by atoms with E-state index in [-0.39, 0.29) is 0 Å². The van der Waals surface area contributed by atoms with E-state index in [1.807, 2.05) is 30.3 Å². The lowest BCUT2D eigenvalue weighted by Crippen LogP contribution is -2.22. The molecule has 0 saturated carbocycles. The number of thiophene rings is 1. The Hall–Kier alpha value is -1.91. The highest BCUT2D eigenvalue weighted by Gasteiger charge is 2.09. The van der Waals surface area contributed by atoms with Crippen LogP contribution in [0.3, 0.4) is 0 Å². The van der Waals surface area contributed by atoms with Crippen molar-refractivity contribution < 1.29 is 0 Å². The quantitative estimate of drug-likeness (QED) is 0.776. The summed E-state index contributed by atoms with van der Waals surface area (Å²) >= 11 is 1.80. The Morgan fingerprint density at radius 2 is 2.00 bits per heavy atom. The third-order valence-electron chi connectivity index (χ3n) is 3.59. The Balaban J connectivity index is 1.82. The first-order valence-electron chi connectivity index (χ1n) is 7.15. The van der Waals surface area contributed by atoms with Crippen LogP contribution in [0, 0.1) is 0 Å². The van der Waals surface area contributed by atoms with Crippen LogP contribution >= 0.6 is 11.3 Å². The van der Waals surface area contributed by atoms with Gasteiger partial charge in [0.15, 0.2) is 0 Å². The molecule has 0 amide bonds. The summed E-state index contributed by atoms with van der Waals surface area (Å²) in [6, 6.07) is 14.3. The second-order valence-corrected chi connectivity index (χ2v) is 6.13. The van der Waals surface area contributed by atoms with E-state index in [0.717, 1.165) is 41.9 Å². The second-order valence-electron chi connectivity index (χ2n) is 5.10. The molecule has 2 aromatic heterocycles. The molecule has 3 nitrogen and oxygen atoms in total. The van der Waals surface area contributed by atoms with E-state index >= 15 is 0 Å². The van der Waals surface area contributed by atoms with Crippen LogP contribution in [0.5, 0.6) is 0 Å². The third kappa shape index (κ3) is 3.23. The summed E-state index contributed by atoms with van der Waals surface area (Å²) < 4.78 is 0. The van der Waals surface area contributed by atoms with Crippen molar-refractivity contribution in [2.75, 3.05) is 12.3 Å². The highest BCUT2D eigenvalue weighted by Crippen LogP contribution is 2.21. The zero-order valence-corrected chi connectivity index (χ0v) is 12.9. The van der Waals surface area contributed by atoms with E-state index in [4.69, 9.17) is 10.7 Å². The number of hydrogen-bond acceptors (Lipinski definition) is 4. The van der Waals surface area contributed by atoms with Crippen LogP contribution in [-0.2, 0) is 13.1 Å². The van der Waals surface area contributed by atoms with Gasteiger partial charge in [0.05, 0.1) is 11.2 Å². The number of anilines is 1. The molecule has 2 N–H and O–H groups in total. The Labute approximate surface area is 129 Å². The van der Waals surface area contributed by atoms with Crippen LogP contribution in [0.25, 0.3) is 10.9 Å². The van der Waals surface area contributed by atoms with Crippen molar-refractivity contribution >= 4 is 27.9 Å². The van der Waals surface area contributed by atoms with Gasteiger partial charge < -0.3 is 5.73 Å². The number of hydrogen-bond donors (Lipinski definition) is 1. The SMILES string of the molecule is CCN(Cc1cc(N)c2ccccc2n1)Cc1cccs1. The number of aromatic nitrogens is 1. The highest BCUT2D eigenvalue weighted by molar-refractivity contribution is 7.09. The second kappa shape index (κ2) is 6.24. The summed E-state index contributed by atoms with van der Waals surface area (Å²) in [7, 11) is 0. The van der Waals surface area contributed by atoms with Crippen LogP contribution in [0.15, 0.2) is 47.8 Å². The number of benzene rings is 1. The molecule has 0 fully saturated rings. The molecule has 0 unspecified atom stereocenters. The highest BCUT2D eigenvalue weighted by atomic mass is 32.1. The minimum Gasteiger partial charge on any atom is -0.398 e. The van der Waals surface area contributed by atoms with Crippen molar-refractivity contribution in [2.45, 2.75) is 20.0 Å². The molecule has 0 aliphatic carbocycles. The predicted molar refractivity (Wildman–Crippen MR) is 90.3 cm³/mol. The Morgan fingerprint density at radius 3 is 2.76 bits per heavy atom. The van der Waals surface area contributed by atoms with E-state index in [0.29, 0.717) is 0 Å². The Kier molecular flexibility index (Phi) is 4.18. The molecule has 0 saturated heterocycles. The van der Waals surface area contributed by atoms with Crippen LogP contribution in [0.4, 0.5) is 5.69 Å². The lowest BCUT2D eigenvalue weighted by molar-refractivity contribution is 0.271. The molecule has 2 heterocycles. The maximum Gasteiger partial charge on any atom is 0.0726 e. The summed E-state index contributed by atoms with van der Waals surface area (Å²) in [6.07, 6.45) is 0. The molecule has 3 rings (SSSR count). The van der Waals surface area contributed by atoms with Crippen LogP contribution in [0.1, 0.15) is 17.5 Å². The Morgan fingerprint density at radius 1 is 1.14 bits per heavy atom. The van der Waals surface area contributed by atoms with Gasteiger partial charge in [0.1, 0.15) is 0 Å². The minimum absolute atomic E-state index is 0.808. The van der Waals surface area contributed by atoms with Crippen molar-refractivity contribution in [1.82, 2.24) is 9.88 Å². The van der Waals surface area contributed by atoms with Gasteiger partial charge >= 0.3 is 0 Å². The van der Waals surface area contributed by atoms with Gasteiger partial charge in [-0.15, -0.1) is 11.3 Å². The number of nitrogen functional groups attached to an aromatic ring is 1. The standard InChI is InChI=1S/C17H19N3S/c1-2-20(12-14-6-5-9-21-14)11-13-10-16(18)15-7-3-4-8-17(15)19-13/h3-10H,2,11-12H2,1H3,(H2,18,19). The number of pyridine rings is 1. The number of para-hydroxylation sites is 1. The Bertz CT molecular complexity index is 722. The zero-order valence-electron chi connectivity index (χ0n) is 12.1. The fourth-order valence-electron chi connectivity index (χ4n) is 2.47. The van der Waals surface area contributed by atoms with Crippen molar-refractivity contribution in [3.05, 3.63) is 58.4 Å². The van der Waals surface area contributed by atoms with Gasteiger partial charge in [0.25, 0.3) is 0 Å².